The minimum Gasteiger partial charge on any atom is -0.356 e. The highest BCUT2D eigenvalue weighted by molar-refractivity contribution is 7.80. The summed E-state index contributed by atoms with van der Waals surface area (Å²) >= 11 is 5.18. The highest BCUT2D eigenvalue weighted by Crippen LogP contribution is 2.39. The van der Waals surface area contributed by atoms with Gasteiger partial charge < -0.3 is 5.32 Å². The third-order valence-corrected chi connectivity index (χ3v) is 4.35. The van der Waals surface area contributed by atoms with Crippen LogP contribution in [0.25, 0.3) is 5.57 Å². The maximum absolute atomic E-state index is 9.09. The smallest absolute Gasteiger partial charge is 0.0915 e. The van der Waals surface area contributed by atoms with Crippen LogP contribution in [0, 0.1) is 17.2 Å². The van der Waals surface area contributed by atoms with Gasteiger partial charge in [-0.25, -0.2) is 0 Å². The van der Waals surface area contributed by atoms with E-state index < -0.39 is 0 Å². The standard InChI is InChI=1S/C17H16N2S/c18-8-7-16-14(9-12-10-17(20)19-11-12)6-5-13-3-1-2-4-15(13)16/h1-4,7,11,14H,5-6,9-10H2,(H,19,20)/b16-7-. The molecule has 0 bridgehead atoms. The molecule has 0 radical (unpaired) electrons. The predicted octanol–water partition coefficient (Wildman–Crippen LogP) is 3.75. The summed E-state index contributed by atoms with van der Waals surface area (Å²) in [7, 11) is 0. The van der Waals surface area contributed by atoms with Gasteiger partial charge in [-0.15, -0.1) is 0 Å². The van der Waals surface area contributed by atoms with Crippen molar-refractivity contribution in [2.75, 3.05) is 0 Å². The molecule has 0 fully saturated rings. The summed E-state index contributed by atoms with van der Waals surface area (Å²) in [5.74, 6) is 0.429. The molecule has 1 N–H and O–H groups in total. The van der Waals surface area contributed by atoms with Crippen molar-refractivity contribution in [1.82, 2.24) is 5.32 Å². The van der Waals surface area contributed by atoms with Crippen molar-refractivity contribution in [2.24, 2.45) is 5.92 Å². The maximum atomic E-state index is 9.09. The molecule has 1 heterocycles. The van der Waals surface area contributed by atoms with Crippen molar-refractivity contribution < 1.29 is 0 Å². The van der Waals surface area contributed by atoms with Crippen LogP contribution in [0.4, 0.5) is 0 Å². The Morgan fingerprint density at radius 1 is 1.40 bits per heavy atom. The van der Waals surface area contributed by atoms with E-state index in [4.69, 9.17) is 17.5 Å². The lowest BCUT2D eigenvalue weighted by Gasteiger charge is -2.27. The van der Waals surface area contributed by atoms with Crippen molar-refractivity contribution in [3.05, 3.63) is 53.2 Å². The summed E-state index contributed by atoms with van der Waals surface area (Å²) in [4.78, 5) is 0.905. The van der Waals surface area contributed by atoms with E-state index >= 15 is 0 Å². The Hall–Kier alpha value is -1.92. The molecule has 20 heavy (non-hydrogen) atoms. The van der Waals surface area contributed by atoms with Crippen molar-refractivity contribution in [2.45, 2.75) is 25.7 Å². The molecule has 3 heteroatoms. The Morgan fingerprint density at radius 3 is 3.00 bits per heavy atom. The fourth-order valence-electron chi connectivity index (χ4n) is 3.14. The molecule has 1 unspecified atom stereocenters. The molecule has 2 nitrogen and oxygen atoms in total. The molecule has 0 aromatic heterocycles. The fourth-order valence-corrected chi connectivity index (χ4v) is 3.38. The molecule has 1 aliphatic heterocycles. The highest BCUT2D eigenvalue weighted by atomic mass is 32.1. The average Bonchev–Trinajstić information content (AvgIpc) is 2.87. The van der Waals surface area contributed by atoms with E-state index in [1.807, 2.05) is 6.20 Å². The summed E-state index contributed by atoms with van der Waals surface area (Å²) in [6.07, 6.45) is 7.82. The monoisotopic (exact) mass is 280 g/mol. The lowest BCUT2D eigenvalue weighted by molar-refractivity contribution is 0.582. The van der Waals surface area contributed by atoms with Gasteiger partial charge >= 0.3 is 0 Å². The number of hydrogen-bond donors (Lipinski definition) is 1. The first-order valence-corrected chi connectivity index (χ1v) is 7.34. The van der Waals surface area contributed by atoms with Gasteiger partial charge in [0.05, 0.1) is 11.1 Å². The normalized spacial score (nSPS) is 22.9. The van der Waals surface area contributed by atoms with Crippen LogP contribution in [0.2, 0.25) is 0 Å². The zero-order valence-electron chi connectivity index (χ0n) is 11.2. The number of aryl methyl sites for hydroxylation is 1. The van der Waals surface area contributed by atoms with E-state index in [1.165, 1.54) is 22.3 Å². The molecule has 3 rings (SSSR count). The number of fused-ring (bicyclic) bond motifs is 1. The maximum Gasteiger partial charge on any atom is 0.0915 e. The van der Waals surface area contributed by atoms with Crippen molar-refractivity contribution in [3.8, 4) is 6.07 Å². The molecule has 0 saturated carbocycles. The first kappa shape index (κ1) is 13.1. The van der Waals surface area contributed by atoms with Gasteiger partial charge in [0.1, 0.15) is 0 Å². The van der Waals surface area contributed by atoms with Gasteiger partial charge in [-0.1, -0.05) is 36.5 Å². The quantitative estimate of drug-likeness (QED) is 0.662. The highest BCUT2D eigenvalue weighted by Gasteiger charge is 2.25. The Morgan fingerprint density at radius 2 is 2.25 bits per heavy atom. The van der Waals surface area contributed by atoms with Crippen LogP contribution >= 0.6 is 12.2 Å². The number of benzene rings is 1. The van der Waals surface area contributed by atoms with Gasteiger partial charge in [0.2, 0.25) is 0 Å². The topological polar surface area (TPSA) is 35.8 Å². The molecule has 1 atom stereocenters. The second kappa shape index (κ2) is 5.60. The summed E-state index contributed by atoms with van der Waals surface area (Å²) < 4.78 is 0. The van der Waals surface area contributed by atoms with Crippen LogP contribution in [0.15, 0.2) is 42.1 Å². The molecule has 0 amide bonds. The average molecular weight is 280 g/mol. The Kier molecular flexibility index (Phi) is 3.66. The number of thiocarbonyl (C=S) groups is 1. The van der Waals surface area contributed by atoms with Crippen LogP contribution in [0.5, 0.6) is 0 Å². The molecule has 1 aromatic carbocycles. The lowest BCUT2D eigenvalue weighted by Crippen LogP contribution is -2.14. The van der Waals surface area contributed by atoms with Crippen LogP contribution in [-0.4, -0.2) is 4.99 Å². The Balaban J connectivity index is 1.88. The SMILES string of the molecule is N#C/C=C1\c2ccccc2CCC1CC1=CNC(=S)C1. The summed E-state index contributed by atoms with van der Waals surface area (Å²) in [5, 5.41) is 12.2. The van der Waals surface area contributed by atoms with Gasteiger partial charge in [0.25, 0.3) is 0 Å². The molecule has 1 aliphatic carbocycles. The zero-order chi connectivity index (χ0) is 13.9. The number of rotatable bonds is 2. The first-order chi connectivity index (χ1) is 9.78. The van der Waals surface area contributed by atoms with Crippen molar-refractivity contribution in [1.29, 1.82) is 5.26 Å². The Labute approximate surface area is 124 Å². The van der Waals surface area contributed by atoms with Crippen LogP contribution in [-0.2, 0) is 6.42 Å². The van der Waals surface area contributed by atoms with E-state index in [0.717, 1.165) is 30.7 Å². The first-order valence-electron chi connectivity index (χ1n) is 6.93. The fraction of sp³-hybridized carbons (Fsp3) is 0.294. The number of nitrogens with one attached hydrogen (secondary N) is 1. The van der Waals surface area contributed by atoms with Gasteiger partial charge in [0, 0.05) is 18.7 Å². The van der Waals surface area contributed by atoms with E-state index in [0.29, 0.717) is 5.92 Å². The number of nitrogens with zero attached hydrogens (tertiary/aromatic N) is 1. The van der Waals surface area contributed by atoms with E-state index in [9.17, 15) is 0 Å². The van der Waals surface area contributed by atoms with E-state index in [1.54, 1.807) is 6.08 Å². The zero-order valence-corrected chi connectivity index (χ0v) is 12.0. The van der Waals surface area contributed by atoms with Crippen LogP contribution in [0.3, 0.4) is 0 Å². The molecule has 1 aromatic rings. The number of hydrogen-bond acceptors (Lipinski definition) is 2. The Bertz CT molecular complexity index is 649. The molecule has 0 spiro atoms. The third kappa shape index (κ3) is 2.52. The molecule has 100 valence electrons. The van der Waals surface area contributed by atoms with Crippen LogP contribution < -0.4 is 5.32 Å². The molecule has 2 aliphatic rings. The van der Waals surface area contributed by atoms with Gasteiger partial charge in [-0.3, -0.25) is 0 Å². The third-order valence-electron chi connectivity index (χ3n) is 4.08. The lowest BCUT2D eigenvalue weighted by atomic mass is 9.76. The summed E-state index contributed by atoms with van der Waals surface area (Å²) in [6.45, 7) is 0. The van der Waals surface area contributed by atoms with E-state index in [-0.39, 0.29) is 0 Å². The minimum absolute atomic E-state index is 0.429. The van der Waals surface area contributed by atoms with Gasteiger partial charge in [-0.05, 0) is 47.5 Å². The van der Waals surface area contributed by atoms with Gasteiger partial charge in [0.15, 0.2) is 0 Å². The second-order valence-electron chi connectivity index (χ2n) is 5.37. The molecule has 0 saturated heterocycles. The summed E-state index contributed by atoms with van der Waals surface area (Å²) in [5.41, 5.74) is 5.15. The van der Waals surface area contributed by atoms with Crippen molar-refractivity contribution >= 4 is 22.8 Å². The van der Waals surface area contributed by atoms with Crippen molar-refractivity contribution in [3.63, 3.8) is 0 Å². The minimum atomic E-state index is 0.429. The largest absolute Gasteiger partial charge is 0.356 e. The number of nitriles is 1. The predicted molar refractivity (Wildman–Crippen MR) is 84.9 cm³/mol. The number of allylic oxidation sites excluding steroid dienone is 2. The van der Waals surface area contributed by atoms with Crippen LogP contribution in [0.1, 0.15) is 30.4 Å². The molecular weight excluding hydrogens is 264 g/mol. The summed E-state index contributed by atoms with van der Waals surface area (Å²) in [6, 6.07) is 10.7. The second-order valence-corrected chi connectivity index (χ2v) is 5.87. The van der Waals surface area contributed by atoms with Gasteiger partial charge in [-0.2, -0.15) is 5.26 Å². The van der Waals surface area contributed by atoms with E-state index in [2.05, 4.69) is 35.7 Å². The molecular formula is C17H16N2S.